The molecule has 1 rings (SSSR count). The summed E-state index contributed by atoms with van der Waals surface area (Å²) in [5, 5.41) is 10.7. The standard InChI is InChI=1S/C18H28N2O3/c1-14(2)9-11-19(12-10-15(3)4)18(21)13-16-5-7-17(8-6-16)20(22)23/h5-8,14-15H,9-13H2,1-4H3. The SMILES string of the molecule is CC(C)CCN(CCC(C)C)C(=O)Cc1ccc([N+](=O)[O-])cc1. The first-order valence-electron chi connectivity index (χ1n) is 8.30. The minimum Gasteiger partial charge on any atom is -0.342 e. The maximum absolute atomic E-state index is 12.5. The van der Waals surface area contributed by atoms with Gasteiger partial charge in [-0.1, -0.05) is 39.8 Å². The zero-order valence-corrected chi connectivity index (χ0v) is 14.6. The van der Waals surface area contributed by atoms with Crippen LogP contribution in [0.1, 0.15) is 46.1 Å². The Kier molecular flexibility index (Phi) is 7.72. The molecular weight excluding hydrogens is 292 g/mol. The summed E-state index contributed by atoms with van der Waals surface area (Å²) in [7, 11) is 0. The van der Waals surface area contributed by atoms with Gasteiger partial charge in [0, 0.05) is 25.2 Å². The molecule has 1 aromatic carbocycles. The third kappa shape index (κ3) is 7.26. The van der Waals surface area contributed by atoms with E-state index < -0.39 is 4.92 Å². The van der Waals surface area contributed by atoms with Crippen LogP contribution in [0.4, 0.5) is 5.69 Å². The van der Waals surface area contributed by atoms with Crippen LogP contribution in [0.3, 0.4) is 0 Å². The maximum atomic E-state index is 12.5. The zero-order chi connectivity index (χ0) is 17.4. The van der Waals surface area contributed by atoms with Crippen LogP contribution in [0.15, 0.2) is 24.3 Å². The molecule has 5 nitrogen and oxygen atoms in total. The highest BCUT2D eigenvalue weighted by molar-refractivity contribution is 5.78. The molecule has 0 N–H and O–H groups in total. The Bertz CT molecular complexity index is 498. The fraction of sp³-hybridized carbons (Fsp3) is 0.611. The second kappa shape index (κ2) is 9.28. The number of hydrogen-bond donors (Lipinski definition) is 0. The van der Waals surface area contributed by atoms with Crippen molar-refractivity contribution in [3.05, 3.63) is 39.9 Å². The van der Waals surface area contributed by atoms with Crippen molar-refractivity contribution in [2.45, 2.75) is 47.0 Å². The van der Waals surface area contributed by atoms with E-state index in [1.165, 1.54) is 12.1 Å². The van der Waals surface area contributed by atoms with Gasteiger partial charge in [0.1, 0.15) is 0 Å². The van der Waals surface area contributed by atoms with E-state index in [0.29, 0.717) is 18.3 Å². The summed E-state index contributed by atoms with van der Waals surface area (Å²) in [6.45, 7) is 10.2. The molecule has 0 heterocycles. The first-order valence-corrected chi connectivity index (χ1v) is 8.30. The van der Waals surface area contributed by atoms with E-state index in [-0.39, 0.29) is 11.6 Å². The van der Waals surface area contributed by atoms with E-state index in [2.05, 4.69) is 27.7 Å². The Balaban J connectivity index is 2.68. The smallest absolute Gasteiger partial charge is 0.269 e. The molecule has 0 aliphatic carbocycles. The largest absolute Gasteiger partial charge is 0.342 e. The van der Waals surface area contributed by atoms with Gasteiger partial charge in [-0.05, 0) is 30.2 Å². The average molecular weight is 320 g/mol. The molecule has 128 valence electrons. The summed E-state index contributed by atoms with van der Waals surface area (Å²) in [6, 6.07) is 6.24. The summed E-state index contributed by atoms with van der Waals surface area (Å²) in [5.41, 5.74) is 0.873. The van der Waals surface area contributed by atoms with Crippen molar-refractivity contribution in [3.8, 4) is 0 Å². The van der Waals surface area contributed by atoms with Gasteiger partial charge in [-0.3, -0.25) is 14.9 Å². The first-order chi connectivity index (χ1) is 10.8. The molecule has 0 radical (unpaired) electrons. The lowest BCUT2D eigenvalue weighted by Gasteiger charge is -2.24. The van der Waals surface area contributed by atoms with E-state index in [9.17, 15) is 14.9 Å². The van der Waals surface area contributed by atoms with E-state index in [0.717, 1.165) is 31.5 Å². The van der Waals surface area contributed by atoms with Gasteiger partial charge < -0.3 is 4.90 Å². The Morgan fingerprint density at radius 3 is 1.91 bits per heavy atom. The van der Waals surface area contributed by atoms with Gasteiger partial charge in [0.05, 0.1) is 11.3 Å². The molecule has 0 fully saturated rings. The van der Waals surface area contributed by atoms with Crippen LogP contribution in [-0.4, -0.2) is 28.8 Å². The second-order valence-corrected chi connectivity index (χ2v) is 6.85. The van der Waals surface area contributed by atoms with Crippen molar-refractivity contribution in [3.63, 3.8) is 0 Å². The van der Waals surface area contributed by atoms with Gasteiger partial charge in [0.25, 0.3) is 5.69 Å². The number of nitrogens with zero attached hydrogens (tertiary/aromatic N) is 2. The van der Waals surface area contributed by atoms with Crippen molar-refractivity contribution >= 4 is 11.6 Å². The molecule has 23 heavy (non-hydrogen) atoms. The third-order valence-electron chi connectivity index (χ3n) is 3.81. The lowest BCUT2D eigenvalue weighted by molar-refractivity contribution is -0.384. The van der Waals surface area contributed by atoms with E-state index in [1.807, 2.05) is 4.90 Å². The molecule has 5 heteroatoms. The van der Waals surface area contributed by atoms with E-state index in [4.69, 9.17) is 0 Å². The third-order valence-corrected chi connectivity index (χ3v) is 3.81. The van der Waals surface area contributed by atoms with Gasteiger partial charge in [0.2, 0.25) is 5.91 Å². The molecule has 1 aromatic rings. The van der Waals surface area contributed by atoms with Crippen molar-refractivity contribution in [2.75, 3.05) is 13.1 Å². The number of non-ortho nitro benzene ring substituents is 1. The Labute approximate surface area is 138 Å². The number of carbonyl (C=O) groups is 1. The lowest BCUT2D eigenvalue weighted by Crippen LogP contribution is -2.35. The molecule has 0 aromatic heterocycles. The van der Waals surface area contributed by atoms with Gasteiger partial charge >= 0.3 is 0 Å². The lowest BCUT2D eigenvalue weighted by atomic mass is 10.1. The van der Waals surface area contributed by atoms with Crippen molar-refractivity contribution in [1.82, 2.24) is 4.90 Å². The van der Waals surface area contributed by atoms with Gasteiger partial charge in [0.15, 0.2) is 0 Å². The zero-order valence-electron chi connectivity index (χ0n) is 14.6. The Hall–Kier alpha value is -1.91. The molecule has 0 bridgehead atoms. The minimum absolute atomic E-state index is 0.0534. The number of nitro benzene ring substituents is 1. The fourth-order valence-electron chi connectivity index (χ4n) is 2.21. The number of nitro groups is 1. The number of rotatable bonds is 9. The summed E-state index contributed by atoms with van der Waals surface area (Å²) in [4.78, 5) is 24.7. The average Bonchev–Trinajstić information content (AvgIpc) is 2.47. The van der Waals surface area contributed by atoms with Crippen molar-refractivity contribution in [2.24, 2.45) is 11.8 Å². The predicted octanol–water partition coefficient (Wildman–Crippen LogP) is 4.06. The van der Waals surface area contributed by atoms with Crippen LogP contribution < -0.4 is 0 Å². The molecule has 0 saturated heterocycles. The topological polar surface area (TPSA) is 63.5 Å². The Morgan fingerprint density at radius 2 is 1.52 bits per heavy atom. The Morgan fingerprint density at radius 1 is 1.04 bits per heavy atom. The normalized spacial score (nSPS) is 11.0. The summed E-state index contributed by atoms with van der Waals surface area (Å²) < 4.78 is 0. The molecule has 0 saturated carbocycles. The van der Waals surface area contributed by atoms with Gasteiger partial charge in [-0.25, -0.2) is 0 Å². The highest BCUT2D eigenvalue weighted by Gasteiger charge is 2.15. The number of hydrogen-bond acceptors (Lipinski definition) is 3. The number of benzene rings is 1. The van der Waals surface area contributed by atoms with Crippen LogP contribution >= 0.6 is 0 Å². The molecule has 0 aliphatic rings. The molecule has 0 spiro atoms. The number of amides is 1. The quantitative estimate of drug-likeness (QED) is 0.509. The number of carbonyl (C=O) groups excluding carboxylic acids is 1. The predicted molar refractivity (Wildman–Crippen MR) is 92.3 cm³/mol. The van der Waals surface area contributed by atoms with Crippen molar-refractivity contribution < 1.29 is 9.72 Å². The minimum atomic E-state index is -0.427. The monoisotopic (exact) mass is 320 g/mol. The summed E-state index contributed by atoms with van der Waals surface area (Å²) in [6.07, 6.45) is 2.28. The van der Waals surface area contributed by atoms with Crippen LogP contribution in [0.2, 0.25) is 0 Å². The van der Waals surface area contributed by atoms with Crippen LogP contribution in [-0.2, 0) is 11.2 Å². The summed E-state index contributed by atoms with van der Waals surface area (Å²) in [5.74, 6) is 1.22. The molecular formula is C18H28N2O3. The molecule has 0 aliphatic heterocycles. The highest BCUT2D eigenvalue weighted by atomic mass is 16.6. The van der Waals surface area contributed by atoms with Crippen LogP contribution in [0.25, 0.3) is 0 Å². The van der Waals surface area contributed by atoms with E-state index in [1.54, 1.807) is 12.1 Å². The maximum Gasteiger partial charge on any atom is 0.269 e. The molecule has 1 amide bonds. The highest BCUT2D eigenvalue weighted by Crippen LogP contribution is 2.14. The summed E-state index contributed by atoms with van der Waals surface area (Å²) >= 11 is 0. The molecule has 0 atom stereocenters. The van der Waals surface area contributed by atoms with E-state index >= 15 is 0 Å². The van der Waals surface area contributed by atoms with Crippen molar-refractivity contribution in [1.29, 1.82) is 0 Å². The van der Waals surface area contributed by atoms with Crippen LogP contribution in [0, 0.1) is 22.0 Å². The fourth-order valence-corrected chi connectivity index (χ4v) is 2.21. The van der Waals surface area contributed by atoms with Crippen LogP contribution in [0.5, 0.6) is 0 Å². The van der Waals surface area contributed by atoms with Gasteiger partial charge in [-0.15, -0.1) is 0 Å². The first kappa shape index (κ1) is 19.1. The van der Waals surface area contributed by atoms with Gasteiger partial charge in [-0.2, -0.15) is 0 Å². The molecule has 0 unspecified atom stereocenters. The second-order valence-electron chi connectivity index (χ2n) is 6.85.